The number of allylic oxidation sites excluding steroid dienone is 1. The first kappa shape index (κ1) is 23.8. The molecule has 0 aromatic heterocycles. The Kier molecular flexibility index (Phi) is 11.6. The monoisotopic (exact) mass is 358 g/mol. The van der Waals surface area contributed by atoms with Gasteiger partial charge < -0.3 is 19.8 Å². The van der Waals surface area contributed by atoms with Gasteiger partial charge in [-0.15, -0.1) is 0 Å². The van der Waals surface area contributed by atoms with Crippen LogP contribution in [-0.4, -0.2) is 71.5 Å². The van der Waals surface area contributed by atoms with E-state index in [2.05, 4.69) is 0 Å². The predicted molar refractivity (Wildman–Crippen MR) is 98.3 cm³/mol. The lowest BCUT2D eigenvalue weighted by molar-refractivity contribution is -0.875. The molecule has 0 rings (SSSR count). The van der Waals surface area contributed by atoms with E-state index in [-0.39, 0.29) is 13.2 Å². The average molecular weight is 358 g/mol. The largest absolute Gasteiger partial charge is 0.481 e. The summed E-state index contributed by atoms with van der Waals surface area (Å²) in [7, 11) is 5.43. The quantitative estimate of drug-likeness (QED) is 0.237. The number of ketones is 1. The van der Waals surface area contributed by atoms with E-state index in [0.717, 1.165) is 51.4 Å². The van der Waals surface area contributed by atoms with E-state index in [4.69, 9.17) is 10.2 Å². The molecule has 1 unspecified atom stereocenters. The second-order valence-corrected chi connectivity index (χ2v) is 7.80. The molecule has 0 fully saturated rings. The molecule has 0 amide bonds. The Hall–Kier alpha value is -1.24. The highest BCUT2D eigenvalue weighted by molar-refractivity contribution is 5.99. The molecule has 0 aliphatic heterocycles. The lowest BCUT2D eigenvalue weighted by Crippen LogP contribution is -2.54. The number of aliphatic hydroxyl groups excluding tert-OH is 1. The van der Waals surface area contributed by atoms with Crippen LogP contribution in [0.2, 0.25) is 0 Å². The summed E-state index contributed by atoms with van der Waals surface area (Å²) in [6.07, 6.45) is 10.7. The van der Waals surface area contributed by atoms with Crippen LogP contribution >= 0.6 is 0 Å². The number of carbonyl (C=O) groups excluding carboxylic acids is 1. The molecule has 146 valence electrons. The molecular formula is C19H36NO5+. The minimum Gasteiger partial charge on any atom is -0.481 e. The van der Waals surface area contributed by atoms with E-state index in [9.17, 15) is 14.7 Å². The number of rotatable bonds is 15. The molecule has 0 spiro atoms. The van der Waals surface area contributed by atoms with Crippen molar-refractivity contribution in [1.82, 2.24) is 0 Å². The third kappa shape index (κ3) is 12.7. The smallest absolute Gasteiger partial charge is 0.307 e. The fourth-order valence-electron chi connectivity index (χ4n) is 2.86. The normalized spacial score (nSPS) is 14.6. The van der Waals surface area contributed by atoms with Gasteiger partial charge in [0.1, 0.15) is 6.54 Å². The minimum absolute atomic E-state index is 0.0519. The van der Waals surface area contributed by atoms with Crippen molar-refractivity contribution >= 4 is 11.8 Å². The first-order valence-corrected chi connectivity index (χ1v) is 9.17. The Balaban J connectivity index is 4.24. The number of carboxylic acids is 1. The van der Waals surface area contributed by atoms with Crippen molar-refractivity contribution < 1.29 is 29.4 Å². The molecule has 0 aliphatic carbocycles. The summed E-state index contributed by atoms with van der Waals surface area (Å²) in [4.78, 5) is 23.3. The maximum absolute atomic E-state index is 12.3. The number of likely N-dealkylation sites (N-methyl/N-ethyl adjacent to an activating group) is 1. The molecule has 0 heterocycles. The molecule has 6 heteroatoms. The lowest BCUT2D eigenvalue weighted by atomic mass is 9.92. The highest BCUT2D eigenvalue weighted by Crippen LogP contribution is 2.17. The summed E-state index contributed by atoms with van der Waals surface area (Å²) >= 11 is 0. The third-order valence-corrected chi connectivity index (χ3v) is 3.94. The van der Waals surface area contributed by atoms with Crippen LogP contribution in [0.5, 0.6) is 0 Å². The fourth-order valence-corrected chi connectivity index (χ4v) is 2.86. The van der Waals surface area contributed by atoms with E-state index in [1.807, 2.05) is 21.1 Å². The van der Waals surface area contributed by atoms with Gasteiger partial charge in [-0.2, -0.15) is 0 Å². The molecule has 0 aromatic carbocycles. The number of aliphatic hydroxyl groups is 2. The summed E-state index contributed by atoms with van der Waals surface area (Å²) in [6, 6.07) is 0. The number of carbonyl (C=O) groups is 2. The molecule has 6 nitrogen and oxygen atoms in total. The second kappa shape index (κ2) is 12.2. The predicted octanol–water partition coefficient (Wildman–Crippen LogP) is 2.14. The molecule has 0 bridgehead atoms. The van der Waals surface area contributed by atoms with Gasteiger partial charge in [0.2, 0.25) is 0 Å². The minimum atomic E-state index is -1.87. The molecule has 0 radical (unpaired) electrons. The third-order valence-electron chi connectivity index (χ3n) is 3.94. The summed E-state index contributed by atoms with van der Waals surface area (Å²) in [5.41, 5.74) is -1.87. The molecule has 0 aliphatic rings. The number of quaternary nitrogens is 1. The van der Waals surface area contributed by atoms with Crippen LogP contribution in [0.25, 0.3) is 0 Å². The van der Waals surface area contributed by atoms with Gasteiger partial charge in [-0.1, -0.05) is 38.2 Å². The number of hydrogen-bond donors (Lipinski definition) is 3. The second-order valence-electron chi connectivity index (χ2n) is 7.80. The van der Waals surface area contributed by atoms with E-state index in [1.165, 1.54) is 6.08 Å². The van der Waals surface area contributed by atoms with Crippen LogP contribution in [0.4, 0.5) is 0 Å². The first-order valence-electron chi connectivity index (χ1n) is 9.17. The number of nitrogens with zero attached hydrogens (tertiary/aromatic N) is 1. The molecule has 0 saturated heterocycles. The number of aliphatic carboxylic acids is 1. The summed E-state index contributed by atoms with van der Waals surface area (Å²) in [6.45, 7) is 0.317. The van der Waals surface area contributed by atoms with Crippen molar-refractivity contribution in [3.05, 3.63) is 12.2 Å². The Morgan fingerprint density at radius 1 is 0.960 bits per heavy atom. The van der Waals surface area contributed by atoms with Gasteiger partial charge in [0.25, 0.3) is 0 Å². The zero-order valence-corrected chi connectivity index (χ0v) is 16.0. The van der Waals surface area contributed by atoms with Crippen molar-refractivity contribution in [3.8, 4) is 0 Å². The summed E-state index contributed by atoms with van der Waals surface area (Å²) < 4.78 is 0.305. The molecular weight excluding hydrogens is 322 g/mol. The maximum Gasteiger partial charge on any atom is 0.307 e. The molecule has 1 atom stereocenters. The highest BCUT2D eigenvalue weighted by atomic mass is 16.4. The standard InChI is InChI=1S/C19H35NO5/c1-20(2,3)16-19(25,15-18(23)24)17(22)13-11-9-7-5-4-6-8-10-12-14-21/h11,13,21,25H,4-10,12,14-16H2,1-3H3/p+1. The zero-order chi connectivity index (χ0) is 19.3. The van der Waals surface area contributed by atoms with Gasteiger partial charge in [0.15, 0.2) is 11.4 Å². The van der Waals surface area contributed by atoms with Gasteiger partial charge in [-0.3, -0.25) is 9.59 Å². The summed E-state index contributed by atoms with van der Waals surface area (Å²) in [5, 5.41) is 28.2. The van der Waals surface area contributed by atoms with Crippen LogP contribution in [0.1, 0.15) is 57.8 Å². The number of carboxylic acid groups (broad SMARTS) is 1. The Bertz CT molecular complexity index is 428. The van der Waals surface area contributed by atoms with Crippen molar-refractivity contribution in [2.24, 2.45) is 0 Å². The lowest BCUT2D eigenvalue weighted by Gasteiger charge is -2.33. The van der Waals surface area contributed by atoms with Crippen LogP contribution in [0.3, 0.4) is 0 Å². The van der Waals surface area contributed by atoms with E-state index >= 15 is 0 Å². The van der Waals surface area contributed by atoms with Gasteiger partial charge >= 0.3 is 5.97 Å². The van der Waals surface area contributed by atoms with Gasteiger partial charge in [0, 0.05) is 6.61 Å². The van der Waals surface area contributed by atoms with E-state index < -0.39 is 23.8 Å². The van der Waals surface area contributed by atoms with Gasteiger partial charge in [-0.25, -0.2) is 0 Å². The first-order chi connectivity index (χ1) is 11.6. The molecule has 3 N–H and O–H groups in total. The van der Waals surface area contributed by atoms with E-state index in [1.54, 1.807) is 6.08 Å². The Morgan fingerprint density at radius 2 is 1.48 bits per heavy atom. The van der Waals surface area contributed by atoms with Crippen LogP contribution in [0, 0.1) is 0 Å². The van der Waals surface area contributed by atoms with Crippen molar-refractivity contribution in [1.29, 1.82) is 0 Å². The van der Waals surface area contributed by atoms with Gasteiger partial charge in [-0.05, 0) is 25.3 Å². The maximum atomic E-state index is 12.3. The summed E-state index contributed by atoms with van der Waals surface area (Å²) in [5.74, 6) is -1.72. The topological polar surface area (TPSA) is 94.8 Å². The van der Waals surface area contributed by atoms with E-state index in [0.29, 0.717) is 4.48 Å². The van der Waals surface area contributed by atoms with Crippen molar-refractivity contribution in [2.45, 2.75) is 63.4 Å². The SMILES string of the molecule is C[N+](C)(C)CC(O)(CC(=O)O)C(=O)C=CCCCCCCCCCO. The molecule has 25 heavy (non-hydrogen) atoms. The van der Waals surface area contributed by atoms with Crippen LogP contribution < -0.4 is 0 Å². The number of unbranched alkanes of at least 4 members (excludes halogenated alkanes) is 7. The van der Waals surface area contributed by atoms with Crippen molar-refractivity contribution in [3.63, 3.8) is 0 Å². The van der Waals surface area contributed by atoms with Gasteiger partial charge in [0.05, 0.1) is 27.6 Å². The molecule has 0 aromatic rings. The average Bonchev–Trinajstić information content (AvgIpc) is 2.46. The molecule has 0 saturated carbocycles. The Morgan fingerprint density at radius 3 is 1.96 bits per heavy atom. The van der Waals surface area contributed by atoms with Crippen LogP contribution in [0.15, 0.2) is 12.2 Å². The highest BCUT2D eigenvalue weighted by Gasteiger charge is 2.41. The number of hydrogen-bond acceptors (Lipinski definition) is 4. The fraction of sp³-hybridized carbons (Fsp3) is 0.789. The van der Waals surface area contributed by atoms with Crippen molar-refractivity contribution in [2.75, 3.05) is 34.3 Å². The Labute approximate surface area is 151 Å². The van der Waals surface area contributed by atoms with Crippen LogP contribution in [-0.2, 0) is 9.59 Å². The zero-order valence-electron chi connectivity index (χ0n) is 16.0.